The van der Waals surface area contributed by atoms with Crippen LogP contribution in [0.2, 0.25) is 0 Å². The quantitative estimate of drug-likeness (QED) is 0.651. The first kappa shape index (κ1) is 20.1. The third kappa shape index (κ3) is 5.96. The van der Waals surface area contributed by atoms with Crippen molar-refractivity contribution in [1.29, 1.82) is 0 Å². The maximum atomic E-state index is 12.8. The summed E-state index contributed by atoms with van der Waals surface area (Å²) in [6.07, 6.45) is 2.16. The van der Waals surface area contributed by atoms with Crippen molar-refractivity contribution in [3.63, 3.8) is 0 Å². The topological polar surface area (TPSA) is 48.0 Å². The minimum absolute atomic E-state index is 0.131. The Morgan fingerprint density at radius 3 is 2.54 bits per heavy atom. The van der Waals surface area contributed by atoms with Crippen LogP contribution in [0.3, 0.4) is 0 Å². The molecule has 0 N–H and O–H groups in total. The van der Waals surface area contributed by atoms with E-state index in [4.69, 9.17) is 14.2 Å². The second kappa shape index (κ2) is 10.1. The first-order valence-corrected chi connectivity index (χ1v) is 9.55. The number of piperidine rings is 1. The van der Waals surface area contributed by atoms with E-state index in [0.29, 0.717) is 38.5 Å². The molecule has 1 heterocycles. The number of nitrogens with zero attached hydrogens (tertiary/aromatic N) is 1. The van der Waals surface area contributed by atoms with Gasteiger partial charge in [-0.3, -0.25) is 4.79 Å². The van der Waals surface area contributed by atoms with Crippen LogP contribution in [0.25, 0.3) is 0 Å². The predicted molar refractivity (Wildman–Crippen MR) is 104 cm³/mol. The summed E-state index contributed by atoms with van der Waals surface area (Å²) in [6.45, 7) is 2.29. The molecule has 28 heavy (non-hydrogen) atoms. The molecule has 150 valence electrons. The molecule has 2 aromatic rings. The third-order valence-corrected chi connectivity index (χ3v) is 4.80. The summed E-state index contributed by atoms with van der Waals surface area (Å²) in [4.78, 5) is 14.4. The smallest absolute Gasteiger partial charge is 0.226 e. The van der Waals surface area contributed by atoms with E-state index in [1.807, 2.05) is 29.2 Å². The van der Waals surface area contributed by atoms with Crippen molar-refractivity contribution < 1.29 is 23.4 Å². The first-order valence-electron chi connectivity index (χ1n) is 9.55. The zero-order valence-corrected chi connectivity index (χ0v) is 16.1. The Balaban J connectivity index is 1.34. The highest BCUT2D eigenvalue weighted by Gasteiger charge is 2.23. The highest BCUT2D eigenvalue weighted by atomic mass is 19.1. The molecule has 1 aliphatic rings. The molecule has 3 rings (SSSR count). The number of likely N-dealkylation sites (tertiary alicyclic amines) is 1. The van der Waals surface area contributed by atoms with Gasteiger partial charge < -0.3 is 19.1 Å². The summed E-state index contributed by atoms with van der Waals surface area (Å²) in [5, 5.41) is 0. The maximum Gasteiger partial charge on any atom is 0.226 e. The molecule has 0 unspecified atom stereocenters. The average Bonchev–Trinajstić information content (AvgIpc) is 2.73. The molecule has 1 saturated heterocycles. The van der Waals surface area contributed by atoms with Gasteiger partial charge in [0.1, 0.15) is 23.9 Å². The van der Waals surface area contributed by atoms with Gasteiger partial charge in [-0.25, -0.2) is 4.39 Å². The zero-order chi connectivity index (χ0) is 19.8. The van der Waals surface area contributed by atoms with E-state index < -0.39 is 0 Å². The van der Waals surface area contributed by atoms with Crippen molar-refractivity contribution in [2.75, 3.05) is 33.4 Å². The van der Waals surface area contributed by atoms with Crippen LogP contribution < -0.4 is 9.47 Å². The van der Waals surface area contributed by atoms with Crippen molar-refractivity contribution in [2.24, 2.45) is 0 Å². The molecule has 0 aliphatic carbocycles. The Hall–Kier alpha value is -2.60. The summed E-state index contributed by atoms with van der Waals surface area (Å²) in [6, 6.07) is 13.5. The van der Waals surface area contributed by atoms with Crippen LogP contribution >= 0.6 is 0 Å². The minimum atomic E-state index is -0.281. The Morgan fingerprint density at radius 2 is 1.82 bits per heavy atom. The second-order valence-corrected chi connectivity index (χ2v) is 6.78. The Morgan fingerprint density at radius 1 is 1.07 bits per heavy atom. The number of carbonyl (C=O) groups is 1. The maximum absolute atomic E-state index is 12.8. The Bertz CT molecular complexity index is 757. The van der Waals surface area contributed by atoms with Gasteiger partial charge in [-0.2, -0.15) is 0 Å². The van der Waals surface area contributed by atoms with Crippen LogP contribution in [0.15, 0.2) is 48.5 Å². The lowest BCUT2D eigenvalue weighted by molar-refractivity contribution is -0.133. The molecule has 2 aromatic carbocycles. The van der Waals surface area contributed by atoms with Crippen molar-refractivity contribution in [2.45, 2.75) is 25.4 Å². The molecule has 1 aliphatic heterocycles. The molecule has 1 amide bonds. The third-order valence-electron chi connectivity index (χ3n) is 4.80. The standard InChI is InChI=1S/C22H26FNO4/c1-26-21-4-2-3-17(15-21)16-22(25)24-11-9-20(10-12-24)28-14-13-27-19-7-5-18(23)6-8-19/h2-8,15,20H,9-14,16H2,1H3. The molecule has 0 bridgehead atoms. The van der Waals surface area contributed by atoms with Crippen molar-refractivity contribution in [1.82, 2.24) is 4.90 Å². The van der Waals surface area contributed by atoms with Crippen LogP contribution in [-0.4, -0.2) is 50.3 Å². The summed E-state index contributed by atoms with van der Waals surface area (Å²) in [5.41, 5.74) is 0.959. The lowest BCUT2D eigenvalue weighted by Crippen LogP contribution is -2.41. The lowest BCUT2D eigenvalue weighted by Gasteiger charge is -2.32. The highest BCUT2D eigenvalue weighted by Crippen LogP contribution is 2.18. The Kier molecular flexibility index (Phi) is 7.25. The van der Waals surface area contributed by atoms with Gasteiger partial charge in [0.25, 0.3) is 0 Å². The van der Waals surface area contributed by atoms with Gasteiger partial charge in [0.05, 0.1) is 26.2 Å². The fourth-order valence-corrected chi connectivity index (χ4v) is 3.25. The van der Waals surface area contributed by atoms with Crippen LogP contribution in [0.5, 0.6) is 11.5 Å². The van der Waals surface area contributed by atoms with E-state index in [2.05, 4.69) is 0 Å². The summed E-state index contributed by atoms with van der Waals surface area (Å²) in [5.74, 6) is 1.24. The second-order valence-electron chi connectivity index (χ2n) is 6.78. The molecular weight excluding hydrogens is 361 g/mol. The van der Waals surface area contributed by atoms with Gasteiger partial charge in [-0.1, -0.05) is 12.1 Å². The van der Waals surface area contributed by atoms with Crippen LogP contribution in [0.4, 0.5) is 4.39 Å². The number of amides is 1. The van der Waals surface area contributed by atoms with Gasteiger partial charge >= 0.3 is 0 Å². The van der Waals surface area contributed by atoms with Crippen molar-refractivity contribution >= 4 is 5.91 Å². The number of carbonyl (C=O) groups excluding carboxylic acids is 1. The molecule has 0 atom stereocenters. The molecule has 0 saturated carbocycles. The summed E-state index contributed by atoms with van der Waals surface area (Å²) >= 11 is 0. The van der Waals surface area contributed by atoms with E-state index in [0.717, 1.165) is 24.2 Å². The fraction of sp³-hybridized carbons (Fsp3) is 0.409. The van der Waals surface area contributed by atoms with Gasteiger partial charge in [-0.15, -0.1) is 0 Å². The normalized spacial score (nSPS) is 14.7. The summed E-state index contributed by atoms with van der Waals surface area (Å²) < 4.78 is 29.4. The number of hydrogen-bond donors (Lipinski definition) is 0. The molecule has 1 fully saturated rings. The minimum Gasteiger partial charge on any atom is -0.497 e. The van der Waals surface area contributed by atoms with E-state index in [1.54, 1.807) is 19.2 Å². The van der Waals surface area contributed by atoms with Gasteiger partial charge in [0.15, 0.2) is 0 Å². The van der Waals surface area contributed by atoms with Crippen molar-refractivity contribution in [3.8, 4) is 11.5 Å². The van der Waals surface area contributed by atoms with E-state index >= 15 is 0 Å². The zero-order valence-electron chi connectivity index (χ0n) is 16.1. The van der Waals surface area contributed by atoms with Gasteiger partial charge in [0.2, 0.25) is 5.91 Å². The van der Waals surface area contributed by atoms with Crippen LogP contribution in [0, 0.1) is 5.82 Å². The fourth-order valence-electron chi connectivity index (χ4n) is 3.25. The number of rotatable bonds is 8. The molecule has 0 aromatic heterocycles. The Labute approximate surface area is 165 Å². The molecular formula is C22H26FNO4. The number of ether oxygens (including phenoxy) is 3. The number of benzene rings is 2. The number of halogens is 1. The van der Waals surface area contributed by atoms with Gasteiger partial charge in [0, 0.05) is 13.1 Å². The molecule has 6 heteroatoms. The SMILES string of the molecule is COc1cccc(CC(=O)N2CCC(OCCOc3ccc(F)cc3)CC2)c1. The summed E-state index contributed by atoms with van der Waals surface area (Å²) in [7, 11) is 1.62. The molecule has 0 spiro atoms. The predicted octanol–water partition coefficient (Wildman–Crippen LogP) is 3.46. The van der Waals surface area contributed by atoms with E-state index in [9.17, 15) is 9.18 Å². The molecule has 5 nitrogen and oxygen atoms in total. The first-order chi connectivity index (χ1) is 13.6. The van der Waals surface area contributed by atoms with Crippen LogP contribution in [0.1, 0.15) is 18.4 Å². The average molecular weight is 387 g/mol. The lowest BCUT2D eigenvalue weighted by atomic mass is 10.1. The highest BCUT2D eigenvalue weighted by molar-refractivity contribution is 5.79. The monoisotopic (exact) mass is 387 g/mol. The number of hydrogen-bond acceptors (Lipinski definition) is 4. The largest absolute Gasteiger partial charge is 0.497 e. The number of methoxy groups -OCH3 is 1. The van der Waals surface area contributed by atoms with Gasteiger partial charge in [-0.05, 0) is 54.8 Å². The van der Waals surface area contributed by atoms with Crippen molar-refractivity contribution in [3.05, 3.63) is 59.9 Å². The van der Waals surface area contributed by atoms with Crippen LogP contribution in [-0.2, 0) is 16.0 Å². The molecule has 0 radical (unpaired) electrons. The van der Waals surface area contributed by atoms with E-state index in [1.165, 1.54) is 12.1 Å². The van der Waals surface area contributed by atoms with E-state index in [-0.39, 0.29) is 17.8 Å².